The number of methoxy groups -OCH3 is 1. The number of nitrogens with zero attached hydrogens (tertiary/aromatic N) is 5. The molecule has 2 aromatic heterocycles. The predicted molar refractivity (Wildman–Crippen MR) is 134 cm³/mol. The molecule has 0 saturated carbocycles. The van der Waals surface area contributed by atoms with Crippen molar-refractivity contribution in [2.45, 2.75) is 45.1 Å². The average Bonchev–Trinajstić information content (AvgIpc) is 3.49. The fraction of sp³-hybridized carbons (Fsp3) is 0.464. The molecule has 2 aliphatic heterocycles. The van der Waals surface area contributed by atoms with Gasteiger partial charge in [0.05, 0.1) is 31.6 Å². The summed E-state index contributed by atoms with van der Waals surface area (Å²) in [6.07, 6.45) is 10.6. The highest BCUT2D eigenvalue weighted by molar-refractivity contribution is 5.78. The first-order chi connectivity index (χ1) is 17.0. The zero-order chi connectivity index (χ0) is 24.0. The number of ether oxygens (including phenoxy) is 1. The maximum Gasteiger partial charge on any atom is 0.228 e. The summed E-state index contributed by atoms with van der Waals surface area (Å²) in [5, 5.41) is 4.47. The van der Waals surface area contributed by atoms with Gasteiger partial charge in [-0.1, -0.05) is 6.07 Å². The van der Waals surface area contributed by atoms with Crippen LogP contribution in [0.15, 0.2) is 48.9 Å². The zero-order valence-electron chi connectivity index (χ0n) is 20.6. The molecule has 0 unspecified atom stereocenters. The topological polar surface area (TPSA) is 63.5 Å². The molecule has 3 aliphatic rings. The number of aromatic nitrogens is 3. The highest BCUT2D eigenvalue weighted by atomic mass is 16.5. The lowest BCUT2D eigenvalue weighted by Gasteiger charge is -2.56. The fourth-order valence-electron chi connectivity index (χ4n) is 6.14. The number of hydrogen-bond donors (Lipinski definition) is 0. The minimum absolute atomic E-state index is 0.182. The van der Waals surface area contributed by atoms with Crippen LogP contribution in [-0.2, 0) is 17.6 Å². The number of aryl methyl sites for hydroxylation is 2. The maximum absolute atomic E-state index is 12.8. The third-order valence-electron chi connectivity index (χ3n) is 8.21. The van der Waals surface area contributed by atoms with Crippen molar-refractivity contribution in [2.24, 2.45) is 5.41 Å². The zero-order valence-corrected chi connectivity index (χ0v) is 20.6. The number of carbonyl (C=O) groups excluding carboxylic acids is 1. The van der Waals surface area contributed by atoms with Gasteiger partial charge in [-0.3, -0.25) is 14.7 Å². The van der Waals surface area contributed by atoms with Gasteiger partial charge >= 0.3 is 0 Å². The van der Waals surface area contributed by atoms with Crippen molar-refractivity contribution in [3.05, 3.63) is 71.3 Å². The van der Waals surface area contributed by atoms with E-state index in [-0.39, 0.29) is 5.91 Å². The Kier molecular flexibility index (Phi) is 5.60. The lowest BCUT2D eigenvalue weighted by Crippen LogP contribution is -2.61. The van der Waals surface area contributed by atoms with Crippen LogP contribution in [0.4, 0.5) is 0 Å². The summed E-state index contributed by atoms with van der Waals surface area (Å²) in [5.41, 5.74) is 6.47. The summed E-state index contributed by atoms with van der Waals surface area (Å²) in [6.45, 7) is 6.09. The molecule has 0 bridgehead atoms. The number of carbonyl (C=O) groups is 1. The number of fused-ring (bicyclic) bond motifs is 1. The van der Waals surface area contributed by atoms with E-state index in [0.29, 0.717) is 23.6 Å². The van der Waals surface area contributed by atoms with Crippen molar-refractivity contribution in [2.75, 3.05) is 33.3 Å². The maximum atomic E-state index is 12.8. The van der Waals surface area contributed by atoms with Gasteiger partial charge in [0, 0.05) is 44.1 Å². The summed E-state index contributed by atoms with van der Waals surface area (Å²) in [7, 11) is 1.62. The van der Waals surface area contributed by atoms with Crippen LogP contribution < -0.4 is 4.74 Å². The molecule has 3 aromatic rings. The second-order valence-corrected chi connectivity index (χ2v) is 10.6. The van der Waals surface area contributed by atoms with Gasteiger partial charge in [0.15, 0.2) is 0 Å². The van der Waals surface area contributed by atoms with Crippen LogP contribution >= 0.6 is 0 Å². The van der Waals surface area contributed by atoms with E-state index < -0.39 is 0 Å². The van der Waals surface area contributed by atoms with E-state index in [1.165, 1.54) is 23.1 Å². The molecule has 7 heteroatoms. The summed E-state index contributed by atoms with van der Waals surface area (Å²) in [4.78, 5) is 21.9. The smallest absolute Gasteiger partial charge is 0.228 e. The Morgan fingerprint density at radius 1 is 1.14 bits per heavy atom. The molecule has 2 fully saturated rings. The van der Waals surface area contributed by atoms with Gasteiger partial charge < -0.3 is 9.64 Å². The van der Waals surface area contributed by atoms with Gasteiger partial charge in [0.2, 0.25) is 5.91 Å². The normalized spacial score (nSPS) is 21.1. The molecule has 1 aromatic carbocycles. The van der Waals surface area contributed by atoms with E-state index in [2.05, 4.69) is 46.3 Å². The van der Waals surface area contributed by atoms with Crippen LogP contribution in [0, 0.1) is 12.3 Å². The molecule has 1 amide bonds. The molecule has 6 rings (SSSR count). The quantitative estimate of drug-likeness (QED) is 0.567. The molecule has 4 heterocycles. The summed E-state index contributed by atoms with van der Waals surface area (Å²) in [5.74, 6) is 0.899. The minimum Gasteiger partial charge on any atom is -0.495 e. The molecule has 2 saturated heterocycles. The van der Waals surface area contributed by atoms with E-state index in [4.69, 9.17) is 4.74 Å². The van der Waals surface area contributed by atoms with Crippen LogP contribution in [0.5, 0.6) is 5.75 Å². The van der Waals surface area contributed by atoms with E-state index >= 15 is 0 Å². The molecular formula is C28H33N5O2. The summed E-state index contributed by atoms with van der Waals surface area (Å²) in [6, 6.07) is 11.1. The van der Waals surface area contributed by atoms with E-state index in [9.17, 15) is 4.79 Å². The highest BCUT2D eigenvalue weighted by Crippen LogP contribution is 2.47. The molecule has 182 valence electrons. The van der Waals surface area contributed by atoms with Gasteiger partial charge in [-0.2, -0.15) is 5.10 Å². The standard InChI is InChI=1S/C28H33N5O2/c1-20-15-30-33(17-20)23-5-7-25-21(13-23)3-8-26(25)32-18-28(19-32)9-11-31(12-10-28)27(34)14-22-4-6-24(35-2)16-29-22/h4-7,13,15-17,26H,3,8-12,14,18-19H2,1-2H3/t26-/m1/s1. The number of rotatable bonds is 5. The van der Waals surface area contributed by atoms with Crippen LogP contribution in [0.3, 0.4) is 0 Å². The molecule has 1 aliphatic carbocycles. The molecule has 0 radical (unpaired) electrons. The van der Waals surface area contributed by atoms with Crippen LogP contribution in [0.2, 0.25) is 0 Å². The number of amides is 1. The average molecular weight is 472 g/mol. The summed E-state index contributed by atoms with van der Waals surface area (Å²) >= 11 is 0. The number of pyridine rings is 1. The Morgan fingerprint density at radius 3 is 2.66 bits per heavy atom. The number of benzene rings is 1. The van der Waals surface area contributed by atoms with Crippen molar-refractivity contribution in [3.8, 4) is 11.4 Å². The number of piperidine rings is 1. The van der Waals surface area contributed by atoms with Crippen molar-refractivity contribution in [3.63, 3.8) is 0 Å². The second kappa shape index (κ2) is 8.79. The first-order valence-electron chi connectivity index (χ1n) is 12.7. The Morgan fingerprint density at radius 2 is 1.97 bits per heavy atom. The first kappa shape index (κ1) is 22.3. The second-order valence-electron chi connectivity index (χ2n) is 10.6. The van der Waals surface area contributed by atoms with Gasteiger partial charge in [-0.05, 0) is 79.0 Å². The lowest BCUT2D eigenvalue weighted by atomic mass is 9.71. The lowest BCUT2D eigenvalue weighted by molar-refractivity contribution is -0.136. The van der Waals surface area contributed by atoms with Crippen molar-refractivity contribution < 1.29 is 9.53 Å². The number of hydrogen-bond acceptors (Lipinski definition) is 5. The van der Waals surface area contributed by atoms with Crippen molar-refractivity contribution in [1.82, 2.24) is 24.6 Å². The van der Waals surface area contributed by atoms with Crippen LogP contribution in [0.25, 0.3) is 5.69 Å². The Hall–Kier alpha value is -3.19. The van der Waals surface area contributed by atoms with Gasteiger partial charge in [-0.25, -0.2) is 4.68 Å². The molecule has 35 heavy (non-hydrogen) atoms. The van der Waals surface area contributed by atoms with E-state index in [1.807, 2.05) is 27.9 Å². The third kappa shape index (κ3) is 4.22. The van der Waals surface area contributed by atoms with Gasteiger partial charge in [-0.15, -0.1) is 0 Å². The van der Waals surface area contributed by atoms with Crippen molar-refractivity contribution >= 4 is 5.91 Å². The summed E-state index contributed by atoms with van der Waals surface area (Å²) < 4.78 is 7.13. The monoisotopic (exact) mass is 471 g/mol. The molecule has 0 N–H and O–H groups in total. The largest absolute Gasteiger partial charge is 0.495 e. The number of likely N-dealkylation sites (tertiary alicyclic amines) is 2. The first-order valence-corrected chi connectivity index (χ1v) is 12.7. The Labute approximate surface area is 206 Å². The predicted octanol–water partition coefficient (Wildman–Crippen LogP) is 3.74. The SMILES string of the molecule is COc1ccc(CC(=O)N2CCC3(CC2)CN([C@@H]2CCc4cc(-n5cc(C)cn5)ccc42)C3)nc1. The molecular weight excluding hydrogens is 438 g/mol. The van der Waals surface area contributed by atoms with Crippen LogP contribution in [0.1, 0.15) is 47.7 Å². The molecule has 7 nitrogen and oxygen atoms in total. The van der Waals surface area contributed by atoms with Gasteiger partial charge in [0.1, 0.15) is 5.75 Å². The van der Waals surface area contributed by atoms with Gasteiger partial charge in [0.25, 0.3) is 0 Å². The fourth-order valence-corrected chi connectivity index (χ4v) is 6.14. The van der Waals surface area contributed by atoms with Crippen molar-refractivity contribution in [1.29, 1.82) is 0 Å². The molecule has 1 atom stereocenters. The van der Waals surface area contributed by atoms with E-state index in [0.717, 1.165) is 56.8 Å². The van der Waals surface area contributed by atoms with Crippen LogP contribution in [-0.4, -0.2) is 63.8 Å². The van der Waals surface area contributed by atoms with E-state index in [1.54, 1.807) is 13.3 Å². The Balaban J connectivity index is 1.03. The molecule has 1 spiro atoms. The Bertz CT molecular complexity index is 1220. The minimum atomic E-state index is 0.182. The highest BCUT2D eigenvalue weighted by Gasteiger charge is 2.48. The third-order valence-corrected chi connectivity index (χ3v) is 8.21.